The highest BCUT2D eigenvalue weighted by Gasteiger charge is 2.39. The quantitative estimate of drug-likeness (QED) is 0.230. The van der Waals surface area contributed by atoms with Crippen molar-refractivity contribution in [2.45, 2.75) is 45.5 Å². The fourth-order valence-electron chi connectivity index (χ4n) is 3.41. The fraction of sp³-hybridized carbons (Fsp3) is 0.296. The van der Waals surface area contributed by atoms with Crippen molar-refractivity contribution < 1.29 is 18.3 Å². The molecule has 0 aliphatic carbocycles. The van der Waals surface area contributed by atoms with E-state index < -0.39 is 8.32 Å². The highest BCUT2D eigenvalue weighted by molar-refractivity contribution is 6.74. The molecule has 3 aromatic carbocycles. The van der Waals surface area contributed by atoms with Crippen molar-refractivity contribution in [3.8, 4) is 17.2 Å². The van der Waals surface area contributed by atoms with Crippen LogP contribution in [0.3, 0.4) is 0 Å². The molecule has 0 aliphatic rings. The van der Waals surface area contributed by atoms with Crippen molar-refractivity contribution in [2.75, 3.05) is 7.11 Å². The second-order valence-corrected chi connectivity index (χ2v) is 14.4. The third-order valence-corrected chi connectivity index (χ3v) is 10.7. The summed E-state index contributed by atoms with van der Waals surface area (Å²) in [5, 5.41) is 0.866. The van der Waals surface area contributed by atoms with Gasteiger partial charge in [0.1, 0.15) is 34.8 Å². The molecule has 1 heterocycles. The molecule has 0 radical (unpaired) electrons. The van der Waals surface area contributed by atoms with Gasteiger partial charge < -0.3 is 18.3 Å². The van der Waals surface area contributed by atoms with Crippen LogP contribution in [0.2, 0.25) is 18.1 Å². The van der Waals surface area contributed by atoms with E-state index in [0.717, 1.165) is 5.56 Å². The first-order valence-electron chi connectivity index (χ1n) is 11.0. The van der Waals surface area contributed by atoms with Crippen molar-refractivity contribution in [3.63, 3.8) is 0 Å². The summed E-state index contributed by atoms with van der Waals surface area (Å²) in [6, 6.07) is 18.8. The van der Waals surface area contributed by atoms with E-state index in [0.29, 0.717) is 45.8 Å². The molecule has 0 amide bonds. The predicted octanol–water partition coefficient (Wildman–Crippen LogP) is 6.92. The Bertz CT molecular complexity index is 1350. The first-order chi connectivity index (χ1) is 15.6. The lowest BCUT2D eigenvalue weighted by Crippen LogP contribution is -2.43. The van der Waals surface area contributed by atoms with Gasteiger partial charge in [-0.25, -0.2) is 0 Å². The van der Waals surface area contributed by atoms with Gasteiger partial charge in [-0.3, -0.25) is 4.79 Å². The Morgan fingerprint density at radius 1 is 0.939 bits per heavy atom. The number of hydrogen-bond donors (Lipinski definition) is 0. The number of methoxy groups -OCH3 is 1. The highest BCUT2D eigenvalue weighted by atomic mass is 28.4. The maximum atomic E-state index is 13.4. The molecule has 0 N–H and O–H groups in total. The van der Waals surface area contributed by atoms with E-state index in [2.05, 4.69) is 33.9 Å². The van der Waals surface area contributed by atoms with Crippen molar-refractivity contribution in [1.82, 2.24) is 0 Å². The van der Waals surface area contributed by atoms with Gasteiger partial charge in [0.2, 0.25) is 5.43 Å². The lowest BCUT2D eigenvalue weighted by atomic mass is 10.1. The zero-order valence-corrected chi connectivity index (χ0v) is 21.0. The Labute approximate surface area is 195 Å². The normalized spacial score (nSPS) is 12.2. The zero-order chi connectivity index (χ0) is 23.8. The van der Waals surface area contributed by atoms with Crippen LogP contribution in [0.5, 0.6) is 17.2 Å². The van der Waals surface area contributed by atoms with Crippen LogP contribution in [0.1, 0.15) is 26.3 Å². The number of fused-ring (bicyclic) bond motifs is 2. The Balaban J connectivity index is 1.84. The van der Waals surface area contributed by atoms with Crippen molar-refractivity contribution >= 4 is 30.3 Å². The number of hydrogen-bond acceptors (Lipinski definition) is 5. The van der Waals surface area contributed by atoms with Gasteiger partial charge in [0.25, 0.3) is 8.32 Å². The second-order valence-electron chi connectivity index (χ2n) is 9.70. The molecule has 0 atom stereocenters. The predicted molar refractivity (Wildman–Crippen MR) is 135 cm³/mol. The summed E-state index contributed by atoms with van der Waals surface area (Å²) in [6.45, 7) is 11.3. The molecule has 172 valence electrons. The largest absolute Gasteiger partial charge is 0.541 e. The first-order valence-corrected chi connectivity index (χ1v) is 13.9. The fourth-order valence-corrected chi connectivity index (χ4v) is 4.42. The van der Waals surface area contributed by atoms with Crippen molar-refractivity contribution in [2.24, 2.45) is 0 Å². The molecule has 0 unspecified atom stereocenters. The Hall–Kier alpha value is -3.25. The van der Waals surface area contributed by atoms with Crippen LogP contribution in [0, 0.1) is 0 Å². The Kier molecular flexibility index (Phi) is 5.97. The van der Waals surface area contributed by atoms with E-state index >= 15 is 0 Å². The summed E-state index contributed by atoms with van der Waals surface area (Å²) in [6.07, 6.45) is 0. The van der Waals surface area contributed by atoms with Crippen LogP contribution >= 0.6 is 0 Å². The smallest absolute Gasteiger partial charge is 0.250 e. The molecule has 5 nitrogen and oxygen atoms in total. The minimum Gasteiger partial charge on any atom is -0.541 e. The average molecular weight is 463 g/mol. The van der Waals surface area contributed by atoms with E-state index in [9.17, 15) is 4.79 Å². The van der Waals surface area contributed by atoms with E-state index in [1.807, 2.05) is 42.5 Å². The molecule has 33 heavy (non-hydrogen) atoms. The third-order valence-electron chi connectivity index (χ3n) is 6.34. The number of rotatable bonds is 6. The lowest BCUT2D eigenvalue weighted by molar-refractivity contribution is 0.304. The minimum absolute atomic E-state index is 0.00791. The first kappa shape index (κ1) is 22.9. The molecule has 0 bridgehead atoms. The lowest BCUT2D eigenvalue weighted by Gasteiger charge is -2.36. The van der Waals surface area contributed by atoms with Crippen LogP contribution in [-0.2, 0) is 6.61 Å². The summed E-state index contributed by atoms with van der Waals surface area (Å²) in [5.74, 6) is 1.57. The van der Waals surface area contributed by atoms with Crippen LogP contribution < -0.4 is 19.3 Å². The average Bonchev–Trinajstić information content (AvgIpc) is 2.77. The summed E-state index contributed by atoms with van der Waals surface area (Å²) < 4.78 is 24.3. The number of para-hydroxylation sites is 1. The molecule has 0 saturated heterocycles. The van der Waals surface area contributed by atoms with Crippen LogP contribution in [0.25, 0.3) is 21.9 Å². The second kappa shape index (κ2) is 8.59. The molecule has 0 fully saturated rings. The third kappa shape index (κ3) is 4.48. The molecule has 6 heteroatoms. The molecular weight excluding hydrogens is 432 g/mol. The van der Waals surface area contributed by atoms with Gasteiger partial charge in [-0.15, -0.1) is 0 Å². The van der Waals surface area contributed by atoms with Gasteiger partial charge >= 0.3 is 0 Å². The summed E-state index contributed by atoms with van der Waals surface area (Å²) in [5.41, 5.74) is 1.74. The van der Waals surface area contributed by atoms with E-state index in [1.165, 1.54) is 7.11 Å². The van der Waals surface area contributed by atoms with Crippen molar-refractivity contribution in [3.05, 3.63) is 76.5 Å². The van der Waals surface area contributed by atoms with Gasteiger partial charge in [0, 0.05) is 12.1 Å². The van der Waals surface area contributed by atoms with Gasteiger partial charge in [0.15, 0.2) is 5.58 Å². The zero-order valence-electron chi connectivity index (χ0n) is 20.0. The van der Waals surface area contributed by atoms with E-state index in [4.69, 9.17) is 18.3 Å². The summed E-state index contributed by atoms with van der Waals surface area (Å²) in [4.78, 5) is 13.4. The van der Waals surface area contributed by atoms with Crippen molar-refractivity contribution in [1.29, 1.82) is 0 Å². The molecular formula is C27H30O5Si. The maximum Gasteiger partial charge on any atom is 0.250 e. The van der Waals surface area contributed by atoms with E-state index in [1.54, 1.807) is 18.2 Å². The standard InChI is InChI=1S/C27H30O5Si/c1-27(2,3)33(5,6)32-21-14-10-13-20-25(28)24-22(29-4)15-19(16-23(24)31-26(20)21)30-17-18-11-8-7-9-12-18/h7-16H,17H2,1-6H3. The van der Waals surface area contributed by atoms with Crippen LogP contribution in [-0.4, -0.2) is 15.4 Å². The van der Waals surface area contributed by atoms with Gasteiger partial charge in [0.05, 0.1) is 12.5 Å². The molecule has 0 saturated carbocycles. The molecule has 0 aliphatic heterocycles. The highest BCUT2D eigenvalue weighted by Crippen LogP contribution is 2.40. The molecule has 4 aromatic rings. The van der Waals surface area contributed by atoms with Gasteiger partial charge in [-0.2, -0.15) is 0 Å². The number of benzene rings is 3. The maximum absolute atomic E-state index is 13.4. The minimum atomic E-state index is -2.14. The summed E-state index contributed by atoms with van der Waals surface area (Å²) in [7, 11) is -0.600. The molecule has 1 aromatic heterocycles. The van der Waals surface area contributed by atoms with Gasteiger partial charge in [-0.1, -0.05) is 57.2 Å². The molecule has 4 rings (SSSR count). The number of ether oxygens (including phenoxy) is 2. The SMILES string of the molecule is COc1cc(OCc2ccccc2)cc2oc3c(O[Si](C)(C)C(C)(C)C)cccc3c(=O)c12. The van der Waals surface area contributed by atoms with Crippen LogP contribution in [0.4, 0.5) is 0 Å². The topological polar surface area (TPSA) is 57.9 Å². The molecule has 0 spiro atoms. The van der Waals surface area contributed by atoms with Crippen LogP contribution in [0.15, 0.2) is 69.9 Å². The summed E-state index contributed by atoms with van der Waals surface area (Å²) >= 11 is 0. The van der Waals surface area contributed by atoms with Gasteiger partial charge in [-0.05, 0) is 35.8 Å². The van der Waals surface area contributed by atoms with E-state index in [-0.39, 0.29) is 10.5 Å². The Morgan fingerprint density at radius 3 is 2.33 bits per heavy atom. The monoisotopic (exact) mass is 462 g/mol. The Morgan fingerprint density at radius 2 is 1.67 bits per heavy atom.